The highest BCUT2D eigenvalue weighted by molar-refractivity contribution is 7.98. The van der Waals surface area contributed by atoms with Gasteiger partial charge in [0.05, 0.1) is 23.9 Å². The Balaban J connectivity index is 1.49. The Morgan fingerprint density at radius 1 is 1.11 bits per heavy atom. The van der Waals surface area contributed by atoms with Gasteiger partial charge in [-0.15, -0.1) is 11.3 Å². The predicted octanol–water partition coefficient (Wildman–Crippen LogP) is 2.29. The number of hydrogen-bond donors (Lipinski definition) is 4. The fourth-order valence-electron chi connectivity index (χ4n) is 3.04. The molecule has 0 bridgehead atoms. The van der Waals surface area contributed by atoms with Crippen LogP contribution >= 0.6 is 23.1 Å². The Morgan fingerprint density at radius 3 is 2.60 bits per heavy atom. The number of nitrogens with zero attached hydrogens (tertiary/aromatic N) is 1. The smallest absolute Gasteiger partial charge is 0.320 e. The molecule has 186 valence electrons. The van der Waals surface area contributed by atoms with Gasteiger partial charge in [0.2, 0.25) is 0 Å². The molecule has 35 heavy (non-hydrogen) atoms. The molecule has 1 aromatic heterocycles. The molecule has 1 atom stereocenters. The fraction of sp³-hybridized carbons (Fsp3) is 0.304. The summed E-state index contributed by atoms with van der Waals surface area (Å²) in [6, 6.07) is 12.3. The first kappa shape index (κ1) is 26.3. The minimum atomic E-state index is -1.03. The van der Waals surface area contributed by atoms with E-state index in [-0.39, 0.29) is 13.2 Å². The van der Waals surface area contributed by atoms with Gasteiger partial charge in [-0.05, 0) is 48.8 Å². The summed E-state index contributed by atoms with van der Waals surface area (Å²) in [4.78, 5) is 39.8. The van der Waals surface area contributed by atoms with Crippen molar-refractivity contribution in [3.05, 3.63) is 42.5 Å². The van der Waals surface area contributed by atoms with Gasteiger partial charge in [0.1, 0.15) is 11.0 Å². The van der Waals surface area contributed by atoms with Crippen molar-refractivity contribution in [3.63, 3.8) is 0 Å². The number of methoxy groups -OCH3 is 1. The van der Waals surface area contributed by atoms with E-state index in [0.717, 1.165) is 20.8 Å². The monoisotopic (exact) mass is 518 g/mol. The van der Waals surface area contributed by atoms with Crippen LogP contribution in [0.5, 0.6) is 11.5 Å². The second-order valence-corrected chi connectivity index (χ2v) is 9.31. The van der Waals surface area contributed by atoms with Gasteiger partial charge in [-0.2, -0.15) is 11.8 Å². The number of carbonyl (C=O) groups is 3. The van der Waals surface area contributed by atoms with Gasteiger partial charge >= 0.3 is 5.97 Å². The van der Waals surface area contributed by atoms with Crippen molar-refractivity contribution in [2.45, 2.75) is 12.5 Å². The van der Waals surface area contributed by atoms with Crippen molar-refractivity contribution in [1.29, 1.82) is 0 Å². The minimum absolute atomic E-state index is 0.256. The lowest BCUT2D eigenvalue weighted by molar-refractivity contribution is -0.139. The van der Waals surface area contributed by atoms with Crippen LogP contribution in [0.1, 0.15) is 6.42 Å². The summed E-state index contributed by atoms with van der Waals surface area (Å²) >= 11 is 3.08. The third kappa shape index (κ3) is 7.57. The van der Waals surface area contributed by atoms with Gasteiger partial charge in [-0.3, -0.25) is 30.6 Å². The lowest BCUT2D eigenvalue weighted by Gasteiger charge is -2.14. The summed E-state index contributed by atoms with van der Waals surface area (Å²) in [6.45, 7) is -0.621. The number of hydrogen-bond acceptors (Lipinski definition) is 9. The van der Waals surface area contributed by atoms with Crippen molar-refractivity contribution in [3.8, 4) is 22.1 Å². The minimum Gasteiger partial charge on any atom is -0.493 e. The van der Waals surface area contributed by atoms with Gasteiger partial charge in [-0.1, -0.05) is 12.1 Å². The molecule has 2 amide bonds. The van der Waals surface area contributed by atoms with Crippen molar-refractivity contribution in [2.24, 2.45) is 0 Å². The van der Waals surface area contributed by atoms with Crippen LogP contribution in [0.15, 0.2) is 42.5 Å². The second kappa shape index (κ2) is 12.9. The number of fused-ring (bicyclic) bond motifs is 1. The summed E-state index contributed by atoms with van der Waals surface area (Å²) in [5.74, 6) is -0.761. The maximum atomic E-state index is 12.1. The molecule has 0 radical (unpaired) electrons. The Kier molecular flexibility index (Phi) is 9.70. The van der Waals surface area contributed by atoms with Crippen LogP contribution in [0.25, 0.3) is 20.8 Å². The number of thioether (sulfide) groups is 1. The van der Waals surface area contributed by atoms with E-state index >= 15 is 0 Å². The van der Waals surface area contributed by atoms with Crippen LogP contribution in [0, 0.1) is 0 Å². The van der Waals surface area contributed by atoms with Gasteiger partial charge < -0.3 is 14.6 Å². The maximum Gasteiger partial charge on any atom is 0.320 e. The highest BCUT2D eigenvalue weighted by Gasteiger charge is 2.18. The number of amides is 2. The van der Waals surface area contributed by atoms with Crippen molar-refractivity contribution >= 4 is 51.1 Å². The number of aromatic nitrogens is 1. The molecule has 3 aromatic rings. The molecule has 0 aliphatic heterocycles. The number of nitrogens with one attached hydrogen (secondary N) is 3. The standard InChI is InChI=1S/C23H26N4O6S2/c1-32-18-11-14(22-25-15-5-3-4-6-19(15)35-22)7-8-17(18)33-13-21(29)27-26-20(28)12-24-16(23(30)31)9-10-34-2/h3-8,11,16,24H,9-10,12-13H2,1-2H3,(H,26,28)(H,27,29)(H,30,31)/t16-/m0/s1. The third-order valence-corrected chi connectivity index (χ3v) is 6.55. The number of thiazole rings is 1. The summed E-state index contributed by atoms with van der Waals surface area (Å²) < 4.78 is 12.0. The molecule has 0 spiro atoms. The van der Waals surface area contributed by atoms with Crippen LogP contribution in [0.2, 0.25) is 0 Å². The Bertz CT molecular complexity index is 1150. The highest BCUT2D eigenvalue weighted by atomic mass is 32.2. The Hall–Kier alpha value is -3.35. The number of aliphatic carboxylic acids is 1. The largest absolute Gasteiger partial charge is 0.493 e. The summed E-state index contributed by atoms with van der Waals surface area (Å²) in [5.41, 5.74) is 6.23. The fourth-order valence-corrected chi connectivity index (χ4v) is 4.48. The Labute approximate surface area is 210 Å². The predicted molar refractivity (Wildman–Crippen MR) is 136 cm³/mol. The third-order valence-electron chi connectivity index (χ3n) is 4.82. The maximum absolute atomic E-state index is 12.1. The zero-order valence-electron chi connectivity index (χ0n) is 19.2. The van der Waals surface area contributed by atoms with E-state index in [9.17, 15) is 14.4 Å². The molecule has 1 heterocycles. The van der Waals surface area contributed by atoms with E-state index < -0.39 is 23.8 Å². The number of ether oxygens (including phenoxy) is 2. The molecule has 0 aliphatic rings. The first-order valence-corrected chi connectivity index (χ1v) is 12.8. The highest BCUT2D eigenvalue weighted by Crippen LogP contribution is 2.35. The number of carbonyl (C=O) groups excluding carboxylic acids is 2. The lowest BCUT2D eigenvalue weighted by Crippen LogP contribution is -2.49. The molecule has 2 aromatic carbocycles. The number of carboxylic acids is 1. The van der Waals surface area contributed by atoms with Crippen LogP contribution in [-0.4, -0.2) is 66.2 Å². The zero-order valence-corrected chi connectivity index (χ0v) is 20.8. The molecule has 0 aliphatic carbocycles. The van der Waals surface area contributed by atoms with E-state index in [2.05, 4.69) is 21.2 Å². The first-order valence-electron chi connectivity index (χ1n) is 10.6. The molecule has 10 nitrogen and oxygen atoms in total. The first-order chi connectivity index (χ1) is 16.9. The molecule has 12 heteroatoms. The van der Waals surface area contributed by atoms with Crippen LogP contribution < -0.4 is 25.6 Å². The van der Waals surface area contributed by atoms with E-state index in [1.807, 2.05) is 36.6 Å². The second-order valence-electron chi connectivity index (χ2n) is 7.29. The normalized spacial score (nSPS) is 11.6. The number of rotatable bonds is 12. The molecule has 0 fully saturated rings. The molecule has 3 rings (SSSR count). The average molecular weight is 519 g/mol. The number of benzene rings is 2. The van der Waals surface area contributed by atoms with Crippen LogP contribution in [-0.2, 0) is 14.4 Å². The lowest BCUT2D eigenvalue weighted by atomic mass is 10.2. The van der Waals surface area contributed by atoms with E-state index in [1.165, 1.54) is 18.9 Å². The number of carboxylic acid groups (broad SMARTS) is 1. The van der Waals surface area contributed by atoms with Crippen molar-refractivity contribution < 1.29 is 29.0 Å². The molecular formula is C23H26N4O6S2. The van der Waals surface area contributed by atoms with Gasteiger partial charge in [0.25, 0.3) is 11.8 Å². The van der Waals surface area contributed by atoms with Crippen molar-refractivity contribution in [1.82, 2.24) is 21.2 Å². The summed E-state index contributed by atoms with van der Waals surface area (Å²) in [5, 5.41) is 12.7. The molecule has 0 saturated heterocycles. The van der Waals surface area contributed by atoms with E-state index in [0.29, 0.717) is 23.7 Å². The molecule has 0 unspecified atom stereocenters. The number of para-hydroxylation sites is 1. The van der Waals surface area contributed by atoms with Crippen molar-refractivity contribution in [2.75, 3.05) is 32.3 Å². The van der Waals surface area contributed by atoms with E-state index in [4.69, 9.17) is 14.6 Å². The van der Waals surface area contributed by atoms with Crippen LogP contribution in [0.4, 0.5) is 0 Å². The summed E-state index contributed by atoms with van der Waals surface area (Å²) in [7, 11) is 1.50. The quantitative estimate of drug-likeness (QED) is 0.266. The molecular weight excluding hydrogens is 492 g/mol. The van der Waals surface area contributed by atoms with Gasteiger partial charge in [-0.25, -0.2) is 4.98 Å². The zero-order chi connectivity index (χ0) is 25.2. The average Bonchev–Trinajstić information content (AvgIpc) is 3.30. The van der Waals surface area contributed by atoms with E-state index in [1.54, 1.807) is 23.5 Å². The Morgan fingerprint density at radius 2 is 1.89 bits per heavy atom. The topological polar surface area (TPSA) is 139 Å². The van der Waals surface area contributed by atoms with Crippen LogP contribution in [0.3, 0.4) is 0 Å². The van der Waals surface area contributed by atoms with Gasteiger partial charge in [0.15, 0.2) is 18.1 Å². The summed E-state index contributed by atoms with van der Waals surface area (Å²) in [6.07, 6.45) is 2.25. The molecule has 0 saturated carbocycles. The number of hydrazine groups is 1. The molecule has 4 N–H and O–H groups in total. The van der Waals surface area contributed by atoms with Gasteiger partial charge in [0, 0.05) is 5.56 Å². The SMILES string of the molecule is COc1cc(-c2nc3ccccc3s2)ccc1OCC(=O)NNC(=O)CN[C@@H](CCSC)C(=O)O.